The Morgan fingerprint density at radius 2 is 1.55 bits per heavy atom. The molecule has 0 saturated carbocycles. The molecule has 0 fully saturated rings. The molecule has 0 aromatic heterocycles. The predicted molar refractivity (Wildman–Crippen MR) is 95.3 cm³/mol. The minimum atomic E-state index is -0.221. The predicted octanol–water partition coefficient (Wildman–Crippen LogP) is 5.26. The van der Waals surface area contributed by atoms with Gasteiger partial charge in [0.15, 0.2) is 0 Å². The van der Waals surface area contributed by atoms with Gasteiger partial charge in [-0.1, -0.05) is 30.3 Å². The highest BCUT2D eigenvalue weighted by molar-refractivity contribution is 7.99. The Balaban J connectivity index is 1.96. The molecule has 0 aliphatic carbocycles. The summed E-state index contributed by atoms with van der Waals surface area (Å²) in [5, 5.41) is 4.08. The molecule has 118 valence electrons. The van der Waals surface area contributed by atoms with Crippen molar-refractivity contribution in [2.24, 2.45) is 0 Å². The van der Waals surface area contributed by atoms with Crippen LogP contribution in [-0.4, -0.2) is 18.7 Å². The van der Waals surface area contributed by atoms with Crippen LogP contribution in [0.5, 0.6) is 5.75 Å². The smallest absolute Gasteiger partial charge is 0.120 e. The number of hydrogen-bond donors (Lipinski definition) is 1. The van der Waals surface area contributed by atoms with Crippen molar-refractivity contribution in [3.05, 3.63) is 53.6 Å². The molecule has 0 unspecified atom stereocenters. The summed E-state index contributed by atoms with van der Waals surface area (Å²) >= 11 is 7.61. The van der Waals surface area contributed by atoms with E-state index < -0.39 is 0 Å². The highest BCUT2D eigenvalue weighted by Gasteiger charge is 2.18. The highest BCUT2D eigenvalue weighted by Crippen LogP contribution is 2.30. The van der Waals surface area contributed by atoms with Crippen LogP contribution in [0.1, 0.15) is 20.8 Å². The van der Waals surface area contributed by atoms with Crippen molar-refractivity contribution in [1.29, 1.82) is 0 Å². The minimum absolute atomic E-state index is 0.221. The maximum atomic E-state index is 6.04. The van der Waals surface area contributed by atoms with Gasteiger partial charge < -0.3 is 10.1 Å². The topological polar surface area (TPSA) is 21.3 Å². The Hall–Kier alpha value is -1.16. The Labute approximate surface area is 142 Å². The van der Waals surface area contributed by atoms with Crippen LogP contribution in [-0.2, 0) is 0 Å². The lowest BCUT2D eigenvalue weighted by Crippen LogP contribution is -2.40. The van der Waals surface area contributed by atoms with Crippen LogP contribution >= 0.6 is 23.4 Å². The molecule has 0 heterocycles. The van der Waals surface area contributed by atoms with Gasteiger partial charge in [-0.3, -0.25) is 0 Å². The summed E-state index contributed by atoms with van der Waals surface area (Å²) in [5.41, 5.74) is -0.221. The molecule has 2 rings (SSSR count). The third kappa shape index (κ3) is 5.56. The van der Waals surface area contributed by atoms with Crippen LogP contribution < -0.4 is 10.1 Å². The lowest BCUT2D eigenvalue weighted by molar-refractivity contribution is 0.109. The van der Waals surface area contributed by atoms with Crippen LogP contribution in [0.25, 0.3) is 0 Å². The van der Waals surface area contributed by atoms with E-state index in [0.717, 1.165) is 23.9 Å². The highest BCUT2D eigenvalue weighted by atomic mass is 35.5. The van der Waals surface area contributed by atoms with E-state index in [4.69, 9.17) is 16.3 Å². The van der Waals surface area contributed by atoms with Crippen molar-refractivity contribution in [3.63, 3.8) is 0 Å². The van der Waals surface area contributed by atoms with Gasteiger partial charge in [0.2, 0.25) is 0 Å². The molecule has 0 aliphatic rings. The first kappa shape index (κ1) is 17.2. The van der Waals surface area contributed by atoms with E-state index in [0.29, 0.717) is 0 Å². The fraction of sp³-hybridized carbons (Fsp3) is 0.333. The first-order valence-corrected chi connectivity index (χ1v) is 8.61. The molecule has 2 nitrogen and oxygen atoms in total. The van der Waals surface area contributed by atoms with Gasteiger partial charge in [0.1, 0.15) is 11.4 Å². The molecule has 4 heteroatoms. The molecule has 0 aliphatic heterocycles. The van der Waals surface area contributed by atoms with E-state index in [2.05, 4.69) is 38.2 Å². The third-order valence-electron chi connectivity index (χ3n) is 3.07. The van der Waals surface area contributed by atoms with Crippen molar-refractivity contribution in [2.75, 3.05) is 13.1 Å². The summed E-state index contributed by atoms with van der Waals surface area (Å²) in [6.07, 6.45) is 0. The molecule has 2 aromatic rings. The summed E-state index contributed by atoms with van der Waals surface area (Å²) in [7, 11) is 0. The summed E-state index contributed by atoms with van der Waals surface area (Å²) in [4.78, 5) is 2.35. The summed E-state index contributed by atoms with van der Waals surface area (Å²) in [5.74, 6) is 0.892. The first-order valence-electron chi connectivity index (χ1n) is 7.42. The van der Waals surface area contributed by atoms with E-state index in [1.165, 1.54) is 9.79 Å². The Kier molecular flexibility index (Phi) is 6.18. The first-order chi connectivity index (χ1) is 10.5. The molecule has 0 amide bonds. The summed E-state index contributed by atoms with van der Waals surface area (Å²) < 4.78 is 6.04. The standard InChI is InChI=1S/C18H22ClNOS/c1-4-20-13-18(2,3)21-15-7-11-17(12-8-15)22-16-9-5-14(19)6-10-16/h5-12,20H,4,13H2,1-3H3. The molecule has 0 atom stereocenters. The number of benzene rings is 2. The van der Waals surface area contributed by atoms with E-state index in [-0.39, 0.29) is 5.60 Å². The lowest BCUT2D eigenvalue weighted by Gasteiger charge is -2.26. The number of hydrogen-bond acceptors (Lipinski definition) is 3. The summed E-state index contributed by atoms with van der Waals surface area (Å²) in [6.45, 7) is 8.05. The van der Waals surface area contributed by atoms with Gasteiger partial charge in [-0.05, 0) is 68.9 Å². The number of halogens is 1. The van der Waals surface area contributed by atoms with Crippen molar-refractivity contribution in [1.82, 2.24) is 5.32 Å². The van der Waals surface area contributed by atoms with Crippen molar-refractivity contribution >= 4 is 23.4 Å². The van der Waals surface area contributed by atoms with Gasteiger partial charge in [-0.2, -0.15) is 0 Å². The second-order valence-electron chi connectivity index (χ2n) is 5.67. The maximum Gasteiger partial charge on any atom is 0.120 e. The number of likely N-dealkylation sites (N-methyl/N-ethyl adjacent to an activating group) is 1. The van der Waals surface area contributed by atoms with Gasteiger partial charge in [0, 0.05) is 21.4 Å². The monoisotopic (exact) mass is 335 g/mol. The van der Waals surface area contributed by atoms with Gasteiger partial charge in [-0.25, -0.2) is 0 Å². The Morgan fingerprint density at radius 1 is 1.00 bits per heavy atom. The normalized spacial score (nSPS) is 11.5. The third-order valence-corrected chi connectivity index (χ3v) is 4.34. The molecule has 2 aromatic carbocycles. The SMILES string of the molecule is CCNCC(C)(C)Oc1ccc(Sc2ccc(Cl)cc2)cc1. The Morgan fingerprint density at radius 3 is 2.09 bits per heavy atom. The zero-order valence-corrected chi connectivity index (χ0v) is 14.8. The molecule has 1 N–H and O–H groups in total. The number of ether oxygens (including phenoxy) is 1. The average Bonchev–Trinajstić information content (AvgIpc) is 2.49. The zero-order valence-electron chi connectivity index (χ0n) is 13.2. The van der Waals surface area contributed by atoms with Crippen LogP contribution in [0.4, 0.5) is 0 Å². The lowest BCUT2D eigenvalue weighted by atomic mass is 10.1. The van der Waals surface area contributed by atoms with E-state index in [1.807, 2.05) is 36.4 Å². The second kappa shape index (κ2) is 7.91. The van der Waals surface area contributed by atoms with E-state index in [1.54, 1.807) is 11.8 Å². The molecule has 0 saturated heterocycles. The molecular formula is C18H22ClNOS. The van der Waals surface area contributed by atoms with Crippen LogP contribution in [0.15, 0.2) is 58.3 Å². The van der Waals surface area contributed by atoms with Crippen LogP contribution in [0.3, 0.4) is 0 Å². The van der Waals surface area contributed by atoms with E-state index >= 15 is 0 Å². The fourth-order valence-electron chi connectivity index (χ4n) is 2.00. The molecule has 22 heavy (non-hydrogen) atoms. The van der Waals surface area contributed by atoms with Gasteiger partial charge >= 0.3 is 0 Å². The average molecular weight is 336 g/mol. The number of rotatable bonds is 7. The van der Waals surface area contributed by atoms with Gasteiger partial charge in [0.05, 0.1) is 0 Å². The minimum Gasteiger partial charge on any atom is -0.487 e. The summed E-state index contributed by atoms with van der Waals surface area (Å²) in [6, 6.07) is 16.1. The molecular weight excluding hydrogens is 314 g/mol. The van der Waals surface area contributed by atoms with Crippen LogP contribution in [0.2, 0.25) is 5.02 Å². The largest absolute Gasteiger partial charge is 0.487 e. The fourth-order valence-corrected chi connectivity index (χ4v) is 2.94. The quantitative estimate of drug-likeness (QED) is 0.745. The number of nitrogens with one attached hydrogen (secondary N) is 1. The molecule has 0 bridgehead atoms. The molecule has 0 spiro atoms. The zero-order chi connectivity index (χ0) is 16.0. The van der Waals surface area contributed by atoms with Crippen molar-refractivity contribution in [3.8, 4) is 5.75 Å². The van der Waals surface area contributed by atoms with Crippen molar-refractivity contribution < 1.29 is 4.74 Å². The van der Waals surface area contributed by atoms with Crippen LogP contribution in [0, 0.1) is 0 Å². The van der Waals surface area contributed by atoms with Crippen molar-refractivity contribution in [2.45, 2.75) is 36.2 Å². The molecule has 0 radical (unpaired) electrons. The maximum absolute atomic E-state index is 6.04. The second-order valence-corrected chi connectivity index (χ2v) is 7.25. The van der Waals surface area contributed by atoms with Gasteiger partial charge in [0.25, 0.3) is 0 Å². The Bertz CT molecular complexity index is 581. The van der Waals surface area contributed by atoms with E-state index in [9.17, 15) is 0 Å². The van der Waals surface area contributed by atoms with Gasteiger partial charge in [-0.15, -0.1) is 0 Å².